The van der Waals surface area contributed by atoms with Gasteiger partial charge in [0.25, 0.3) is 0 Å². The smallest absolute Gasteiger partial charge is 0.410 e. The predicted octanol–water partition coefficient (Wildman–Crippen LogP) is 4.45. The fraction of sp³-hybridized carbons (Fsp3) is 0.263. The standard InChI is InChI=1S/C19H19BrN2O3S/c20-14-8-9-15(21)17(11-14)26-18(23)16-7-4-10-22(16)19(24)25-12-13-5-2-1-3-6-13/h1-3,5-6,8-9,11,16H,4,7,10,12,21H2/t16-/m0/s1. The average Bonchev–Trinajstić information content (AvgIpc) is 3.13. The van der Waals surface area contributed by atoms with Crippen LogP contribution in [0, 0.1) is 0 Å². The summed E-state index contributed by atoms with van der Waals surface area (Å²) in [5.74, 6) is 0. The Balaban J connectivity index is 1.62. The molecule has 1 aliphatic heterocycles. The molecule has 136 valence electrons. The van der Waals surface area contributed by atoms with Gasteiger partial charge in [-0.25, -0.2) is 4.79 Å². The first-order valence-corrected chi connectivity index (χ1v) is 9.89. The minimum Gasteiger partial charge on any atom is -0.445 e. The molecule has 1 amide bonds. The van der Waals surface area contributed by atoms with Gasteiger partial charge in [-0.2, -0.15) is 0 Å². The molecule has 1 fully saturated rings. The Bertz CT molecular complexity index is 801. The van der Waals surface area contributed by atoms with Gasteiger partial charge in [0.15, 0.2) is 0 Å². The van der Waals surface area contributed by atoms with Gasteiger partial charge in [0.05, 0.1) is 0 Å². The van der Waals surface area contributed by atoms with Gasteiger partial charge in [-0.05, 0) is 48.4 Å². The summed E-state index contributed by atoms with van der Waals surface area (Å²) in [5.41, 5.74) is 7.40. The van der Waals surface area contributed by atoms with Crippen molar-refractivity contribution in [2.45, 2.75) is 30.4 Å². The fourth-order valence-electron chi connectivity index (χ4n) is 2.81. The van der Waals surface area contributed by atoms with E-state index in [-0.39, 0.29) is 11.7 Å². The molecule has 0 aromatic heterocycles. The number of hydrogen-bond acceptors (Lipinski definition) is 5. The van der Waals surface area contributed by atoms with E-state index in [1.807, 2.05) is 42.5 Å². The van der Waals surface area contributed by atoms with Crippen LogP contribution >= 0.6 is 27.7 Å². The molecule has 2 aromatic rings. The van der Waals surface area contributed by atoms with Crippen LogP contribution in [-0.2, 0) is 16.1 Å². The van der Waals surface area contributed by atoms with E-state index in [4.69, 9.17) is 10.5 Å². The van der Waals surface area contributed by atoms with Crippen molar-refractivity contribution in [1.29, 1.82) is 0 Å². The van der Waals surface area contributed by atoms with Crippen LogP contribution in [0.15, 0.2) is 57.9 Å². The molecular weight excluding hydrogens is 416 g/mol. The van der Waals surface area contributed by atoms with Crippen LogP contribution in [0.5, 0.6) is 0 Å². The number of benzene rings is 2. The quantitative estimate of drug-likeness (QED) is 0.568. The number of likely N-dealkylation sites (tertiary alicyclic amines) is 1. The Kier molecular flexibility index (Phi) is 6.21. The molecule has 0 unspecified atom stereocenters. The summed E-state index contributed by atoms with van der Waals surface area (Å²) in [7, 11) is 0. The highest BCUT2D eigenvalue weighted by atomic mass is 79.9. The Labute approximate surface area is 165 Å². The molecule has 1 aliphatic rings. The van der Waals surface area contributed by atoms with Gasteiger partial charge in [0.2, 0.25) is 5.12 Å². The molecule has 3 rings (SSSR count). The van der Waals surface area contributed by atoms with Crippen molar-refractivity contribution in [3.63, 3.8) is 0 Å². The molecule has 0 aliphatic carbocycles. The van der Waals surface area contributed by atoms with Gasteiger partial charge in [-0.3, -0.25) is 9.69 Å². The lowest BCUT2D eigenvalue weighted by Crippen LogP contribution is -2.39. The molecule has 1 saturated heterocycles. The number of halogens is 1. The van der Waals surface area contributed by atoms with E-state index in [9.17, 15) is 9.59 Å². The summed E-state index contributed by atoms with van der Waals surface area (Å²) in [4.78, 5) is 27.3. The highest BCUT2D eigenvalue weighted by Gasteiger charge is 2.35. The number of carbonyl (C=O) groups is 2. The van der Waals surface area contributed by atoms with Crippen molar-refractivity contribution in [1.82, 2.24) is 4.90 Å². The van der Waals surface area contributed by atoms with Crippen LogP contribution in [0.3, 0.4) is 0 Å². The lowest BCUT2D eigenvalue weighted by molar-refractivity contribution is -0.114. The SMILES string of the molecule is Nc1ccc(Br)cc1SC(=O)[C@@H]1CCCN1C(=O)OCc1ccccc1. The van der Waals surface area contributed by atoms with Gasteiger partial charge in [0.1, 0.15) is 12.6 Å². The van der Waals surface area contributed by atoms with Gasteiger partial charge in [-0.1, -0.05) is 46.3 Å². The van der Waals surface area contributed by atoms with Crippen LogP contribution in [0.4, 0.5) is 10.5 Å². The summed E-state index contributed by atoms with van der Waals surface area (Å²) in [5, 5.41) is -0.0936. The van der Waals surface area contributed by atoms with E-state index in [1.54, 1.807) is 6.07 Å². The number of anilines is 1. The zero-order valence-corrected chi connectivity index (χ0v) is 16.5. The minimum absolute atomic E-state index is 0.0936. The third-order valence-electron chi connectivity index (χ3n) is 4.15. The zero-order chi connectivity index (χ0) is 18.5. The van der Waals surface area contributed by atoms with Crippen molar-refractivity contribution in [2.24, 2.45) is 0 Å². The predicted molar refractivity (Wildman–Crippen MR) is 106 cm³/mol. The number of ether oxygens (including phenoxy) is 1. The number of thioether (sulfide) groups is 1. The molecule has 0 saturated carbocycles. The normalized spacial score (nSPS) is 16.5. The molecule has 0 bridgehead atoms. The Morgan fingerprint density at radius 1 is 1.23 bits per heavy atom. The Hall–Kier alpha value is -1.99. The van der Waals surface area contributed by atoms with Crippen molar-refractivity contribution < 1.29 is 14.3 Å². The molecular formula is C19H19BrN2O3S. The summed E-state index contributed by atoms with van der Waals surface area (Å²) >= 11 is 4.46. The van der Waals surface area contributed by atoms with Crippen LogP contribution in [0.2, 0.25) is 0 Å². The molecule has 1 heterocycles. The number of hydrogen-bond donors (Lipinski definition) is 1. The molecule has 0 radical (unpaired) electrons. The molecule has 2 aromatic carbocycles. The molecule has 2 N–H and O–H groups in total. The van der Waals surface area contributed by atoms with E-state index < -0.39 is 12.1 Å². The lowest BCUT2D eigenvalue weighted by atomic mass is 10.2. The van der Waals surface area contributed by atoms with Gasteiger partial charge < -0.3 is 10.5 Å². The highest BCUT2D eigenvalue weighted by molar-refractivity contribution is 9.10. The van der Waals surface area contributed by atoms with Crippen molar-refractivity contribution in [3.8, 4) is 0 Å². The molecule has 1 atom stereocenters. The average molecular weight is 435 g/mol. The summed E-state index contributed by atoms with van der Waals surface area (Å²) < 4.78 is 6.23. The van der Waals surface area contributed by atoms with Gasteiger partial charge in [0, 0.05) is 21.6 Å². The summed E-state index contributed by atoms with van der Waals surface area (Å²) in [6.45, 7) is 0.724. The number of carbonyl (C=O) groups excluding carboxylic acids is 2. The Morgan fingerprint density at radius 3 is 2.77 bits per heavy atom. The minimum atomic E-state index is -0.485. The first kappa shape index (κ1) is 18.8. The topological polar surface area (TPSA) is 72.6 Å². The zero-order valence-electron chi connectivity index (χ0n) is 14.1. The maximum absolute atomic E-state index is 12.7. The molecule has 7 heteroatoms. The van der Waals surface area contributed by atoms with Crippen LogP contribution < -0.4 is 5.73 Å². The van der Waals surface area contributed by atoms with E-state index in [0.717, 1.165) is 28.2 Å². The number of rotatable bonds is 4. The van der Waals surface area contributed by atoms with Crippen LogP contribution in [0.25, 0.3) is 0 Å². The molecule has 26 heavy (non-hydrogen) atoms. The van der Waals surface area contributed by atoms with Crippen molar-refractivity contribution >= 4 is 44.6 Å². The molecule has 5 nitrogen and oxygen atoms in total. The van der Waals surface area contributed by atoms with Crippen molar-refractivity contribution in [2.75, 3.05) is 12.3 Å². The maximum atomic E-state index is 12.7. The number of nitrogens with two attached hydrogens (primary N) is 1. The largest absolute Gasteiger partial charge is 0.445 e. The summed E-state index contributed by atoms with van der Waals surface area (Å²) in [6.07, 6.45) is 0.971. The third kappa shape index (κ3) is 4.59. The van der Waals surface area contributed by atoms with E-state index >= 15 is 0 Å². The second-order valence-corrected chi connectivity index (χ2v) is 7.96. The third-order valence-corrected chi connectivity index (χ3v) is 5.69. The highest BCUT2D eigenvalue weighted by Crippen LogP contribution is 2.32. The van der Waals surface area contributed by atoms with Crippen LogP contribution in [0.1, 0.15) is 18.4 Å². The number of nitrogen functional groups attached to an aromatic ring is 1. The van der Waals surface area contributed by atoms with E-state index in [0.29, 0.717) is 23.5 Å². The monoisotopic (exact) mass is 434 g/mol. The second kappa shape index (κ2) is 8.60. The van der Waals surface area contributed by atoms with E-state index in [2.05, 4.69) is 15.9 Å². The number of nitrogens with zero attached hydrogens (tertiary/aromatic N) is 1. The first-order valence-electron chi connectivity index (χ1n) is 8.28. The second-order valence-electron chi connectivity index (χ2n) is 5.99. The Morgan fingerprint density at radius 2 is 2.00 bits per heavy atom. The van der Waals surface area contributed by atoms with E-state index in [1.165, 1.54) is 4.90 Å². The fourth-order valence-corrected chi connectivity index (χ4v) is 4.29. The van der Waals surface area contributed by atoms with Crippen LogP contribution in [-0.4, -0.2) is 28.7 Å². The number of amides is 1. The maximum Gasteiger partial charge on any atom is 0.410 e. The molecule has 0 spiro atoms. The van der Waals surface area contributed by atoms with Gasteiger partial charge in [-0.15, -0.1) is 0 Å². The lowest BCUT2D eigenvalue weighted by Gasteiger charge is -2.22. The van der Waals surface area contributed by atoms with Crippen molar-refractivity contribution in [3.05, 3.63) is 58.6 Å². The summed E-state index contributed by atoms with van der Waals surface area (Å²) in [6, 6.07) is 14.4. The van der Waals surface area contributed by atoms with Gasteiger partial charge >= 0.3 is 6.09 Å². The first-order chi connectivity index (χ1) is 12.5.